The molecule has 4 N–H and O–H groups in total. The zero-order valence-electron chi connectivity index (χ0n) is 11.6. The van der Waals surface area contributed by atoms with Crippen LogP contribution in [0.5, 0.6) is 0 Å². The van der Waals surface area contributed by atoms with Gasteiger partial charge in [0.2, 0.25) is 11.8 Å². The first-order valence-electron chi connectivity index (χ1n) is 6.33. The average Bonchev–Trinajstić information content (AvgIpc) is 2.24. The van der Waals surface area contributed by atoms with E-state index < -0.39 is 0 Å². The number of carbonyl (C=O) groups excluding carboxylic acids is 2. The van der Waals surface area contributed by atoms with Gasteiger partial charge >= 0.3 is 0 Å². The van der Waals surface area contributed by atoms with Crippen molar-refractivity contribution in [2.24, 2.45) is 0 Å². The Balaban J connectivity index is 2.27. The van der Waals surface area contributed by atoms with Crippen LogP contribution in [-0.4, -0.2) is 49.1 Å². The lowest BCUT2D eigenvalue weighted by Gasteiger charge is -2.28. The zero-order chi connectivity index (χ0) is 13.8. The minimum Gasteiger partial charge on any atom is -0.350 e. The molecule has 1 rings (SSSR count). The van der Waals surface area contributed by atoms with E-state index in [1.54, 1.807) is 0 Å². The first kappa shape index (κ1) is 14.9. The van der Waals surface area contributed by atoms with Crippen molar-refractivity contribution in [2.45, 2.75) is 45.3 Å². The van der Waals surface area contributed by atoms with Crippen molar-refractivity contribution in [1.29, 1.82) is 0 Å². The third kappa shape index (κ3) is 5.46. The number of rotatable bonds is 3. The highest BCUT2D eigenvalue weighted by Gasteiger charge is 2.23. The quantitative estimate of drug-likeness (QED) is 0.520. The SMILES string of the molecule is CC1CNC(C(=O)NCC(=O)NC(C)(C)C)CN1. The number of amides is 2. The van der Waals surface area contributed by atoms with Gasteiger partial charge in [-0.05, 0) is 27.7 Å². The lowest BCUT2D eigenvalue weighted by molar-refractivity contribution is -0.128. The van der Waals surface area contributed by atoms with E-state index in [-0.39, 0.29) is 29.9 Å². The Morgan fingerprint density at radius 3 is 2.39 bits per heavy atom. The molecule has 2 atom stereocenters. The molecule has 0 aromatic carbocycles. The Hall–Kier alpha value is -1.14. The Labute approximate surface area is 108 Å². The lowest BCUT2D eigenvalue weighted by atomic mass is 10.1. The predicted octanol–water partition coefficient (Wildman–Crippen LogP) is -1.03. The average molecular weight is 256 g/mol. The van der Waals surface area contributed by atoms with E-state index in [1.165, 1.54) is 0 Å². The first-order valence-corrected chi connectivity index (χ1v) is 6.33. The van der Waals surface area contributed by atoms with Gasteiger partial charge in [0.05, 0.1) is 12.6 Å². The van der Waals surface area contributed by atoms with Crippen LogP contribution in [0.2, 0.25) is 0 Å². The third-order valence-electron chi connectivity index (χ3n) is 2.59. The summed E-state index contributed by atoms with van der Waals surface area (Å²) in [5.74, 6) is -0.313. The van der Waals surface area contributed by atoms with Gasteiger partial charge in [0.25, 0.3) is 0 Å². The van der Waals surface area contributed by atoms with Crippen LogP contribution in [0.1, 0.15) is 27.7 Å². The van der Waals surface area contributed by atoms with E-state index in [2.05, 4.69) is 28.2 Å². The summed E-state index contributed by atoms with van der Waals surface area (Å²) in [5, 5.41) is 11.8. The third-order valence-corrected chi connectivity index (χ3v) is 2.59. The van der Waals surface area contributed by atoms with Gasteiger partial charge in [0.15, 0.2) is 0 Å². The standard InChI is InChI=1S/C12H24N4O2/c1-8-5-14-9(6-13-8)11(18)15-7-10(17)16-12(2,3)4/h8-9,13-14H,5-7H2,1-4H3,(H,15,18)(H,16,17). The molecule has 0 spiro atoms. The van der Waals surface area contributed by atoms with E-state index >= 15 is 0 Å². The molecule has 2 unspecified atom stereocenters. The van der Waals surface area contributed by atoms with Crippen molar-refractivity contribution in [3.05, 3.63) is 0 Å². The summed E-state index contributed by atoms with van der Waals surface area (Å²) in [6.07, 6.45) is 0. The van der Waals surface area contributed by atoms with Gasteiger partial charge in [0, 0.05) is 24.7 Å². The van der Waals surface area contributed by atoms with Crippen molar-refractivity contribution >= 4 is 11.8 Å². The van der Waals surface area contributed by atoms with Crippen molar-refractivity contribution in [1.82, 2.24) is 21.3 Å². The van der Waals surface area contributed by atoms with Crippen molar-refractivity contribution in [2.75, 3.05) is 19.6 Å². The maximum absolute atomic E-state index is 11.8. The normalized spacial score (nSPS) is 24.4. The minimum atomic E-state index is -0.276. The summed E-state index contributed by atoms with van der Waals surface area (Å²) in [5.41, 5.74) is -0.276. The Morgan fingerprint density at radius 2 is 1.89 bits per heavy atom. The number of hydrogen-bond donors (Lipinski definition) is 4. The van der Waals surface area contributed by atoms with Crippen LogP contribution in [0.4, 0.5) is 0 Å². The molecule has 0 bridgehead atoms. The summed E-state index contributed by atoms with van der Waals surface area (Å²) in [7, 11) is 0. The first-order chi connectivity index (χ1) is 8.28. The fraction of sp³-hybridized carbons (Fsp3) is 0.833. The molecular weight excluding hydrogens is 232 g/mol. The molecule has 2 amide bonds. The molecule has 1 heterocycles. The Kier molecular flexibility index (Phi) is 5.10. The van der Waals surface area contributed by atoms with Gasteiger partial charge in [-0.1, -0.05) is 0 Å². The predicted molar refractivity (Wildman–Crippen MR) is 70.2 cm³/mol. The second-order valence-electron chi connectivity index (χ2n) is 5.79. The van der Waals surface area contributed by atoms with Crippen LogP contribution >= 0.6 is 0 Å². The number of hydrogen-bond acceptors (Lipinski definition) is 4. The molecule has 0 aromatic heterocycles. The van der Waals surface area contributed by atoms with E-state index in [0.29, 0.717) is 12.6 Å². The van der Waals surface area contributed by atoms with Crippen LogP contribution < -0.4 is 21.3 Å². The van der Waals surface area contributed by atoms with E-state index in [4.69, 9.17) is 0 Å². The summed E-state index contributed by atoms with van der Waals surface area (Å²) < 4.78 is 0. The molecule has 6 nitrogen and oxygen atoms in total. The van der Waals surface area contributed by atoms with E-state index in [9.17, 15) is 9.59 Å². The molecule has 18 heavy (non-hydrogen) atoms. The number of nitrogens with one attached hydrogen (secondary N) is 4. The molecule has 104 valence electrons. The van der Waals surface area contributed by atoms with Gasteiger partial charge in [-0.2, -0.15) is 0 Å². The fourth-order valence-electron chi connectivity index (χ4n) is 1.72. The molecule has 1 saturated heterocycles. The largest absolute Gasteiger partial charge is 0.350 e. The minimum absolute atomic E-state index is 0.0177. The second-order valence-corrected chi connectivity index (χ2v) is 5.79. The molecule has 0 aromatic rings. The van der Waals surface area contributed by atoms with Crippen LogP contribution in [-0.2, 0) is 9.59 Å². The van der Waals surface area contributed by atoms with E-state index in [0.717, 1.165) is 6.54 Å². The summed E-state index contributed by atoms with van der Waals surface area (Å²) >= 11 is 0. The van der Waals surface area contributed by atoms with Gasteiger partial charge in [-0.3, -0.25) is 9.59 Å². The molecule has 1 fully saturated rings. The van der Waals surface area contributed by atoms with Gasteiger partial charge in [-0.15, -0.1) is 0 Å². The van der Waals surface area contributed by atoms with Crippen LogP contribution in [0.25, 0.3) is 0 Å². The van der Waals surface area contributed by atoms with E-state index in [1.807, 2.05) is 20.8 Å². The highest BCUT2D eigenvalue weighted by atomic mass is 16.2. The van der Waals surface area contributed by atoms with Gasteiger partial charge in [-0.25, -0.2) is 0 Å². The highest BCUT2D eigenvalue weighted by molar-refractivity contribution is 5.87. The smallest absolute Gasteiger partial charge is 0.239 e. The van der Waals surface area contributed by atoms with Crippen molar-refractivity contribution in [3.8, 4) is 0 Å². The lowest BCUT2D eigenvalue weighted by Crippen LogP contribution is -2.59. The summed E-state index contributed by atoms with van der Waals surface area (Å²) in [6, 6.07) is 0.113. The molecule has 0 saturated carbocycles. The summed E-state index contributed by atoms with van der Waals surface area (Å²) in [4.78, 5) is 23.3. The fourth-order valence-corrected chi connectivity index (χ4v) is 1.72. The number of carbonyl (C=O) groups is 2. The zero-order valence-corrected chi connectivity index (χ0v) is 11.6. The summed E-state index contributed by atoms with van der Waals surface area (Å²) in [6.45, 7) is 9.13. The molecular formula is C12H24N4O2. The second kappa shape index (κ2) is 6.15. The van der Waals surface area contributed by atoms with Crippen LogP contribution in [0.3, 0.4) is 0 Å². The molecule has 0 aliphatic carbocycles. The van der Waals surface area contributed by atoms with Gasteiger partial charge < -0.3 is 21.3 Å². The molecule has 6 heteroatoms. The monoisotopic (exact) mass is 256 g/mol. The van der Waals surface area contributed by atoms with Crippen molar-refractivity contribution < 1.29 is 9.59 Å². The topological polar surface area (TPSA) is 82.3 Å². The maximum atomic E-state index is 11.8. The maximum Gasteiger partial charge on any atom is 0.239 e. The molecule has 1 aliphatic rings. The number of piperazine rings is 1. The Bertz CT molecular complexity index is 304. The van der Waals surface area contributed by atoms with Crippen molar-refractivity contribution in [3.63, 3.8) is 0 Å². The molecule has 0 radical (unpaired) electrons. The van der Waals surface area contributed by atoms with Gasteiger partial charge in [0.1, 0.15) is 0 Å². The highest BCUT2D eigenvalue weighted by Crippen LogP contribution is 1.97. The molecule has 1 aliphatic heterocycles. The Morgan fingerprint density at radius 1 is 1.22 bits per heavy atom. The van der Waals surface area contributed by atoms with Crippen LogP contribution in [0, 0.1) is 0 Å². The van der Waals surface area contributed by atoms with Crippen LogP contribution in [0.15, 0.2) is 0 Å².